The zero-order valence-corrected chi connectivity index (χ0v) is 14.2. The van der Waals surface area contributed by atoms with Crippen molar-refractivity contribution >= 4 is 5.91 Å². The molecule has 0 aromatic carbocycles. The van der Waals surface area contributed by atoms with Gasteiger partial charge in [0.15, 0.2) is 0 Å². The van der Waals surface area contributed by atoms with E-state index in [9.17, 15) is 4.79 Å². The molecule has 2 heterocycles. The Hall–Kier alpha value is -0.610. The number of carbonyl (C=O) groups excluding carboxylic acids is 1. The van der Waals surface area contributed by atoms with Crippen LogP contribution < -0.4 is 5.32 Å². The standard InChI is InChI=1S/C17H31N3O/c1-10(2)14-8-13(9-20(14)11(3)4)19(5)17(21)16-15(18-16)12-6-7-12/h10-16,18H,6-9H2,1-5H3/t13?,14?,15?,16-/m1/s1. The number of likely N-dealkylation sites (tertiary alicyclic amines) is 1. The lowest BCUT2D eigenvalue weighted by Gasteiger charge is -2.30. The van der Waals surface area contributed by atoms with Crippen LogP contribution in [0.2, 0.25) is 0 Å². The molecular formula is C17H31N3O. The van der Waals surface area contributed by atoms with E-state index in [0.717, 1.165) is 18.9 Å². The first-order valence-corrected chi connectivity index (χ1v) is 8.68. The zero-order chi connectivity index (χ0) is 15.3. The summed E-state index contributed by atoms with van der Waals surface area (Å²) in [6.07, 6.45) is 3.75. The molecule has 0 aromatic heterocycles. The van der Waals surface area contributed by atoms with Crippen LogP contribution in [0.5, 0.6) is 0 Å². The minimum atomic E-state index is 0.119. The molecule has 21 heavy (non-hydrogen) atoms. The highest BCUT2D eigenvalue weighted by Crippen LogP contribution is 2.40. The molecule has 2 aliphatic heterocycles. The lowest BCUT2D eigenvalue weighted by atomic mass is 9.99. The van der Waals surface area contributed by atoms with Gasteiger partial charge in [-0.2, -0.15) is 0 Å². The highest BCUT2D eigenvalue weighted by atomic mass is 16.2. The number of nitrogens with one attached hydrogen (secondary N) is 1. The monoisotopic (exact) mass is 293 g/mol. The van der Waals surface area contributed by atoms with Crippen molar-refractivity contribution in [1.29, 1.82) is 0 Å². The normalized spacial score (nSPS) is 36.5. The molecule has 0 radical (unpaired) electrons. The highest BCUT2D eigenvalue weighted by Gasteiger charge is 2.52. The Morgan fingerprint density at radius 3 is 2.38 bits per heavy atom. The number of hydrogen-bond acceptors (Lipinski definition) is 3. The summed E-state index contributed by atoms with van der Waals surface area (Å²) in [5, 5.41) is 3.40. The molecule has 0 bridgehead atoms. The number of hydrogen-bond donors (Lipinski definition) is 1. The molecule has 120 valence electrons. The molecule has 3 rings (SSSR count). The fourth-order valence-corrected chi connectivity index (χ4v) is 4.04. The van der Waals surface area contributed by atoms with Crippen molar-refractivity contribution in [2.24, 2.45) is 11.8 Å². The zero-order valence-electron chi connectivity index (χ0n) is 14.2. The molecule has 0 aromatic rings. The summed E-state index contributed by atoms with van der Waals surface area (Å²) >= 11 is 0. The molecule has 3 unspecified atom stereocenters. The van der Waals surface area contributed by atoms with Crippen molar-refractivity contribution in [2.45, 2.75) is 77.2 Å². The Labute approximate surface area is 129 Å². The molecule has 3 fully saturated rings. The van der Waals surface area contributed by atoms with Crippen molar-refractivity contribution in [2.75, 3.05) is 13.6 Å². The average Bonchev–Trinajstić information content (AvgIpc) is 3.31. The van der Waals surface area contributed by atoms with E-state index in [-0.39, 0.29) is 6.04 Å². The van der Waals surface area contributed by atoms with Crippen LogP contribution in [0.3, 0.4) is 0 Å². The third-order valence-electron chi connectivity index (χ3n) is 5.71. The number of amides is 1. The van der Waals surface area contributed by atoms with Gasteiger partial charge < -0.3 is 4.90 Å². The summed E-state index contributed by atoms with van der Waals surface area (Å²) in [4.78, 5) is 17.3. The molecule has 1 aliphatic carbocycles. The topological polar surface area (TPSA) is 45.5 Å². The molecule has 1 N–H and O–H groups in total. The minimum Gasteiger partial charge on any atom is -0.340 e. The second kappa shape index (κ2) is 5.54. The van der Waals surface area contributed by atoms with Gasteiger partial charge in [-0.1, -0.05) is 13.8 Å². The minimum absolute atomic E-state index is 0.119. The Kier molecular flexibility index (Phi) is 4.04. The Bertz CT molecular complexity index is 389. The lowest BCUT2D eigenvalue weighted by molar-refractivity contribution is -0.131. The largest absolute Gasteiger partial charge is 0.340 e. The van der Waals surface area contributed by atoms with Crippen molar-refractivity contribution in [1.82, 2.24) is 15.1 Å². The van der Waals surface area contributed by atoms with Crippen LogP contribution in [0.4, 0.5) is 0 Å². The van der Waals surface area contributed by atoms with E-state index < -0.39 is 0 Å². The maximum absolute atomic E-state index is 12.6. The maximum atomic E-state index is 12.6. The van der Waals surface area contributed by atoms with Gasteiger partial charge in [-0.05, 0) is 44.9 Å². The van der Waals surface area contributed by atoms with Gasteiger partial charge in [0.1, 0.15) is 6.04 Å². The summed E-state index contributed by atoms with van der Waals surface area (Å²) in [6, 6.07) is 2.16. The predicted molar refractivity (Wildman–Crippen MR) is 85.1 cm³/mol. The van der Waals surface area contributed by atoms with Crippen LogP contribution in [0, 0.1) is 11.8 Å². The Morgan fingerprint density at radius 1 is 1.24 bits per heavy atom. The summed E-state index contributed by atoms with van der Waals surface area (Å²) in [7, 11) is 2.01. The third kappa shape index (κ3) is 2.98. The summed E-state index contributed by atoms with van der Waals surface area (Å²) in [5.41, 5.74) is 0. The van der Waals surface area contributed by atoms with Crippen molar-refractivity contribution in [3.8, 4) is 0 Å². The van der Waals surface area contributed by atoms with Crippen LogP contribution in [0.15, 0.2) is 0 Å². The van der Waals surface area contributed by atoms with Crippen LogP contribution >= 0.6 is 0 Å². The number of carbonyl (C=O) groups is 1. The van der Waals surface area contributed by atoms with E-state index >= 15 is 0 Å². The SMILES string of the molecule is CC(C)C1CC(N(C)C(=O)[C@@H]2NC2C2CC2)CN1C(C)C. The van der Waals surface area contributed by atoms with Crippen molar-refractivity contribution in [3.05, 3.63) is 0 Å². The van der Waals surface area contributed by atoms with Gasteiger partial charge in [0.05, 0.1) is 0 Å². The smallest absolute Gasteiger partial charge is 0.241 e. The first-order chi connectivity index (χ1) is 9.90. The fraction of sp³-hybridized carbons (Fsp3) is 0.941. The van der Waals surface area contributed by atoms with Crippen LogP contribution in [0.1, 0.15) is 47.0 Å². The second-order valence-electron chi connectivity index (χ2n) is 7.95. The average molecular weight is 293 g/mol. The fourth-order valence-electron chi connectivity index (χ4n) is 4.04. The van der Waals surface area contributed by atoms with Gasteiger partial charge >= 0.3 is 0 Å². The van der Waals surface area contributed by atoms with E-state index in [0.29, 0.717) is 36.0 Å². The van der Waals surface area contributed by atoms with Gasteiger partial charge in [-0.3, -0.25) is 15.0 Å². The molecule has 1 amide bonds. The summed E-state index contributed by atoms with van der Waals surface area (Å²) in [5.74, 6) is 1.76. The molecule has 4 atom stereocenters. The van der Waals surface area contributed by atoms with Crippen molar-refractivity contribution in [3.63, 3.8) is 0 Å². The maximum Gasteiger partial charge on any atom is 0.241 e. The van der Waals surface area contributed by atoms with E-state index in [2.05, 4.69) is 37.9 Å². The molecule has 4 nitrogen and oxygen atoms in total. The van der Waals surface area contributed by atoms with E-state index in [1.54, 1.807) is 0 Å². The Morgan fingerprint density at radius 2 is 1.90 bits per heavy atom. The van der Waals surface area contributed by atoms with Gasteiger partial charge in [-0.25, -0.2) is 0 Å². The van der Waals surface area contributed by atoms with Gasteiger partial charge in [-0.15, -0.1) is 0 Å². The van der Waals surface area contributed by atoms with Gasteiger partial charge in [0, 0.05) is 37.8 Å². The van der Waals surface area contributed by atoms with Crippen LogP contribution in [-0.2, 0) is 4.79 Å². The molecule has 2 saturated heterocycles. The summed E-state index contributed by atoms with van der Waals surface area (Å²) < 4.78 is 0. The lowest BCUT2D eigenvalue weighted by Crippen LogP contribution is -2.43. The Balaban J connectivity index is 1.60. The summed E-state index contributed by atoms with van der Waals surface area (Å²) in [6.45, 7) is 10.2. The molecule has 1 saturated carbocycles. The number of nitrogens with zero attached hydrogens (tertiary/aromatic N) is 2. The second-order valence-corrected chi connectivity index (χ2v) is 7.95. The molecule has 0 spiro atoms. The predicted octanol–water partition coefficient (Wildman–Crippen LogP) is 1.70. The van der Waals surface area contributed by atoms with Crippen LogP contribution in [-0.4, -0.2) is 59.5 Å². The van der Waals surface area contributed by atoms with Gasteiger partial charge in [0.2, 0.25) is 5.91 Å². The van der Waals surface area contributed by atoms with E-state index in [4.69, 9.17) is 0 Å². The first kappa shape index (κ1) is 15.3. The molecular weight excluding hydrogens is 262 g/mol. The number of likely N-dealkylation sites (N-methyl/N-ethyl adjacent to an activating group) is 1. The molecule has 3 aliphatic rings. The highest BCUT2D eigenvalue weighted by molar-refractivity contribution is 5.86. The number of rotatable bonds is 5. The quantitative estimate of drug-likeness (QED) is 0.785. The first-order valence-electron chi connectivity index (χ1n) is 8.68. The third-order valence-corrected chi connectivity index (χ3v) is 5.71. The van der Waals surface area contributed by atoms with E-state index in [1.165, 1.54) is 12.8 Å². The molecule has 4 heteroatoms. The van der Waals surface area contributed by atoms with Crippen LogP contribution in [0.25, 0.3) is 0 Å². The van der Waals surface area contributed by atoms with E-state index in [1.807, 2.05) is 11.9 Å². The van der Waals surface area contributed by atoms with Gasteiger partial charge in [0.25, 0.3) is 0 Å². The van der Waals surface area contributed by atoms with Crippen molar-refractivity contribution < 1.29 is 4.79 Å².